The van der Waals surface area contributed by atoms with Gasteiger partial charge in [-0.2, -0.15) is 0 Å². The zero-order valence-electron chi connectivity index (χ0n) is 27.7. The maximum Gasteiger partial charge on any atom is 0.319 e. The second-order valence-corrected chi connectivity index (χ2v) is 13.7. The predicted octanol–water partition coefficient (Wildman–Crippen LogP) is 4.86. The van der Waals surface area contributed by atoms with Crippen LogP contribution in [0.15, 0.2) is 54.7 Å². The third kappa shape index (κ3) is 6.66. The third-order valence-electron chi connectivity index (χ3n) is 9.36. The maximum atomic E-state index is 13.3. The number of anilines is 1. The zero-order chi connectivity index (χ0) is 33.3. The minimum Gasteiger partial charge on any atom is -0.484 e. The van der Waals surface area contributed by atoms with Crippen LogP contribution in [0.25, 0.3) is 5.65 Å². The van der Waals surface area contributed by atoms with Gasteiger partial charge in [0.25, 0.3) is 5.91 Å². The van der Waals surface area contributed by atoms with E-state index in [9.17, 15) is 9.59 Å². The van der Waals surface area contributed by atoms with Gasteiger partial charge in [0.2, 0.25) is 0 Å². The third-order valence-corrected chi connectivity index (χ3v) is 9.36. The van der Waals surface area contributed by atoms with Crippen molar-refractivity contribution in [3.8, 4) is 5.75 Å². The average molecular weight is 641 g/mol. The van der Waals surface area contributed by atoms with E-state index in [1.54, 1.807) is 12.1 Å². The summed E-state index contributed by atoms with van der Waals surface area (Å²) in [6.45, 7) is 9.15. The number of carbonyl (C=O) groups excluding carboxylic acids is 2. The SMILES string of the molecule is CN1CCCC1(C)c1nnc2ccc(O[C@@H]3CC[C@H](NC(=O)Nc4cc(C(=O)NCCO)nc(C(C)(C)C)c4)c4ccccc43)cn12. The van der Waals surface area contributed by atoms with Crippen LogP contribution in [0.5, 0.6) is 5.75 Å². The van der Waals surface area contributed by atoms with E-state index in [4.69, 9.17) is 9.84 Å². The number of nitrogens with one attached hydrogen (secondary N) is 3. The molecule has 0 spiro atoms. The van der Waals surface area contributed by atoms with E-state index in [1.165, 1.54) is 0 Å². The quantitative estimate of drug-likeness (QED) is 0.214. The highest BCUT2D eigenvalue weighted by Gasteiger charge is 2.40. The summed E-state index contributed by atoms with van der Waals surface area (Å²) in [5.41, 5.74) is 3.56. The molecule has 3 atom stereocenters. The predicted molar refractivity (Wildman–Crippen MR) is 178 cm³/mol. The van der Waals surface area contributed by atoms with Crippen molar-refractivity contribution in [2.24, 2.45) is 0 Å². The molecule has 4 N–H and O–H groups in total. The zero-order valence-corrected chi connectivity index (χ0v) is 27.7. The largest absolute Gasteiger partial charge is 0.484 e. The topological polar surface area (TPSA) is 146 Å². The molecule has 0 bridgehead atoms. The van der Waals surface area contributed by atoms with E-state index in [0.717, 1.165) is 47.7 Å². The number of fused-ring (bicyclic) bond motifs is 2. The molecule has 1 aliphatic carbocycles. The van der Waals surface area contributed by atoms with Crippen molar-refractivity contribution >= 4 is 23.3 Å². The van der Waals surface area contributed by atoms with Crippen LogP contribution >= 0.6 is 0 Å². The summed E-state index contributed by atoms with van der Waals surface area (Å²) >= 11 is 0. The monoisotopic (exact) mass is 640 g/mol. The Morgan fingerprint density at radius 3 is 2.60 bits per heavy atom. The van der Waals surface area contributed by atoms with E-state index in [2.05, 4.69) is 56.1 Å². The van der Waals surface area contributed by atoms with Crippen LogP contribution in [-0.4, -0.2) is 68.3 Å². The van der Waals surface area contributed by atoms with Crippen molar-refractivity contribution in [2.45, 2.75) is 76.5 Å². The molecule has 12 nitrogen and oxygen atoms in total. The Bertz CT molecular complexity index is 1780. The molecule has 0 saturated carbocycles. The normalized spacial score (nSPS) is 21.3. The number of carbonyl (C=O) groups is 2. The molecule has 1 aromatic carbocycles. The molecule has 4 heterocycles. The molecule has 4 aromatic rings. The number of rotatable bonds is 8. The number of pyridine rings is 2. The van der Waals surface area contributed by atoms with Gasteiger partial charge >= 0.3 is 6.03 Å². The lowest BCUT2D eigenvalue weighted by Crippen LogP contribution is -2.37. The summed E-state index contributed by atoms with van der Waals surface area (Å²) in [7, 11) is 2.13. The van der Waals surface area contributed by atoms with Gasteiger partial charge in [-0.15, -0.1) is 10.2 Å². The molecule has 1 saturated heterocycles. The van der Waals surface area contributed by atoms with Crippen LogP contribution in [-0.2, 0) is 11.0 Å². The molecule has 1 fully saturated rings. The van der Waals surface area contributed by atoms with Gasteiger partial charge in [0.05, 0.1) is 24.4 Å². The fourth-order valence-corrected chi connectivity index (χ4v) is 6.56. The lowest BCUT2D eigenvalue weighted by atomic mass is 9.85. The molecule has 2 aliphatic rings. The fraction of sp³-hybridized carbons (Fsp3) is 0.457. The summed E-state index contributed by atoms with van der Waals surface area (Å²) < 4.78 is 8.66. The van der Waals surface area contributed by atoms with E-state index in [1.807, 2.05) is 61.7 Å². The molecule has 12 heteroatoms. The smallest absolute Gasteiger partial charge is 0.319 e. The number of aromatic nitrogens is 4. The Hall–Kier alpha value is -4.55. The number of ether oxygens (including phenoxy) is 1. The summed E-state index contributed by atoms with van der Waals surface area (Å²) in [5, 5.41) is 26.8. The van der Waals surface area contributed by atoms with Crippen LogP contribution in [0.4, 0.5) is 10.5 Å². The van der Waals surface area contributed by atoms with Crippen molar-refractivity contribution < 1.29 is 19.4 Å². The number of aliphatic hydroxyl groups excluding tert-OH is 1. The van der Waals surface area contributed by atoms with Gasteiger partial charge in [0, 0.05) is 23.3 Å². The number of likely N-dealkylation sites (tertiary alicyclic amines) is 1. The van der Waals surface area contributed by atoms with Gasteiger partial charge < -0.3 is 25.8 Å². The van der Waals surface area contributed by atoms with Gasteiger partial charge in [0.15, 0.2) is 11.5 Å². The Kier molecular flexibility index (Phi) is 8.91. The highest BCUT2D eigenvalue weighted by molar-refractivity contribution is 5.95. The molecule has 1 aliphatic heterocycles. The van der Waals surface area contributed by atoms with Crippen LogP contribution in [0.1, 0.15) is 98.7 Å². The van der Waals surface area contributed by atoms with Gasteiger partial charge in [-0.05, 0) is 81.6 Å². The minimum atomic E-state index is -0.416. The van der Waals surface area contributed by atoms with Gasteiger partial charge in [-0.1, -0.05) is 45.0 Å². The molecule has 3 aromatic heterocycles. The number of aliphatic hydroxyl groups is 1. The molecule has 1 unspecified atom stereocenters. The summed E-state index contributed by atoms with van der Waals surface area (Å²) in [4.78, 5) is 32.8. The van der Waals surface area contributed by atoms with E-state index < -0.39 is 5.91 Å². The van der Waals surface area contributed by atoms with Crippen molar-refractivity contribution in [1.82, 2.24) is 35.1 Å². The van der Waals surface area contributed by atoms with Crippen molar-refractivity contribution in [1.29, 1.82) is 0 Å². The highest BCUT2D eigenvalue weighted by Crippen LogP contribution is 2.40. The van der Waals surface area contributed by atoms with Gasteiger partial charge in [-0.25, -0.2) is 9.78 Å². The number of amides is 3. The second kappa shape index (κ2) is 12.9. The number of benzene rings is 1. The maximum absolute atomic E-state index is 13.3. The molecule has 0 radical (unpaired) electrons. The van der Waals surface area contributed by atoms with Gasteiger partial charge in [0.1, 0.15) is 17.5 Å². The molecule has 248 valence electrons. The number of hydrogen-bond acceptors (Lipinski definition) is 8. The first kappa shape index (κ1) is 32.4. The number of nitrogens with zero attached hydrogens (tertiary/aromatic N) is 5. The van der Waals surface area contributed by atoms with Crippen molar-refractivity contribution in [3.05, 3.63) is 83.1 Å². The van der Waals surface area contributed by atoms with Crippen molar-refractivity contribution in [2.75, 3.05) is 32.1 Å². The summed E-state index contributed by atoms with van der Waals surface area (Å²) in [6.07, 6.45) is 5.32. The Morgan fingerprint density at radius 2 is 1.87 bits per heavy atom. The van der Waals surface area contributed by atoms with E-state index in [0.29, 0.717) is 24.2 Å². The summed E-state index contributed by atoms with van der Waals surface area (Å²) in [5.74, 6) is 1.23. The molecular formula is C35H44N8O4. The van der Waals surface area contributed by atoms with E-state index in [-0.39, 0.29) is 48.0 Å². The van der Waals surface area contributed by atoms with E-state index >= 15 is 0 Å². The lowest BCUT2D eigenvalue weighted by molar-refractivity contribution is 0.0939. The number of hydrogen-bond donors (Lipinski definition) is 4. The Labute approximate surface area is 274 Å². The molecule has 47 heavy (non-hydrogen) atoms. The van der Waals surface area contributed by atoms with Crippen LogP contribution < -0.4 is 20.7 Å². The highest BCUT2D eigenvalue weighted by atomic mass is 16.5. The van der Waals surface area contributed by atoms with Crippen LogP contribution in [0.2, 0.25) is 0 Å². The molecular weight excluding hydrogens is 596 g/mol. The first-order valence-corrected chi connectivity index (χ1v) is 16.3. The Morgan fingerprint density at radius 1 is 1.09 bits per heavy atom. The van der Waals surface area contributed by atoms with Gasteiger partial charge in [-0.3, -0.25) is 14.1 Å². The van der Waals surface area contributed by atoms with Crippen molar-refractivity contribution in [3.63, 3.8) is 0 Å². The molecule has 3 amide bonds. The first-order valence-electron chi connectivity index (χ1n) is 16.3. The summed E-state index contributed by atoms with van der Waals surface area (Å²) in [6, 6.07) is 14.6. The lowest BCUT2D eigenvalue weighted by Gasteiger charge is -2.32. The Balaban J connectivity index is 1.18. The van der Waals surface area contributed by atoms with Crippen LogP contribution in [0.3, 0.4) is 0 Å². The standard InChI is InChI=1S/C35H44N8O4/c1-34(2,3)29-20-22(19-27(38-29)31(45)36-16-18-44)37-33(46)39-26-12-13-28(25-10-7-6-9-24(25)26)47-23-11-14-30-40-41-32(43(30)21-23)35(4)15-8-17-42(35)5/h6-7,9-11,14,19-21,26,28,44H,8,12-13,15-18H2,1-5H3,(H,36,45)(H2,37,38,39,46)/t26-,28+,35?/m0/s1. The fourth-order valence-electron chi connectivity index (χ4n) is 6.56. The average Bonchev–Trinajstić information content (AvgIpc) is 3.63. The number of urea groups is 1. The second-order valence-electron chi connectivity index (χ2n) is 13.7. The minimum absolute atomic E-state index is 0.114. The molecule has 6 rings (SSSR count). The van der Waals surface area contributed by atoms with Crippen LogP contribution in [0, 0.1) is 0 Å². The first-order chi connectivity index (χ1) is 22.5.